The standard InChI is InChI=1S/C11H10N2O2S2/c14-9(16)5-6(11(15)17)10-12-7-3-1-2-4-8(7)13-10/h1-4,6H,5H2,(H,12,13)(H,14,16)(H,15,17). The molecule has 0 aliphatic heterocycles. The SMILES string of the molecule is OC(=S)CC(C(O)=S)c1nc2ccccc2[nH]1. The second kappa shape index (κ2) is 4.77. The largest absolute Gasteiger partial charge is 0.502 e. The van der Waals surface area contributed by atoms with Crippen LogP contribution in [0.3, 0.4) is 0 Å². The summed E-state index contributed by atoms with van der Waals surface area (Å²) in [4.78, 5) is 7.37. The van der Waals surface area contributed by atoms with Gasteiger partial charge in [-0.15, -0.1) is 0 Å². The molecule has 2 aromatic rings. The molecule has 0 fully saturated rings. The first kappa shape index (κ1) is 11.9. The monoisotopic (exact) mass is 266 g/mol. The molecule has 0 amide bonds. The second-order valence-electron chi connectivity index (χ2n) is 3.63. The second-order valence-corrected chi connectivity index (χ2v) is 4.52. The van der Waals surface area contributed by atoms with E-state index in [1.165, 1.54) is 0 Å². The van der Waals surface area contributed by atoms with Crippen molar-refractivity contribution in [2.45, 2.75) is 12.3 Å². The van der Waals surface area contributed by atoms with Gasteiger partial charge in [-0.2, -0.15) is 0 Å². The minimum Gasteiger partial charge on any atom is -0.502 e. The number of thiocarbonyl (C=S) groups is 2. The number of imidazole rings is 1. The summed E-state index contributed by atoms with van der Waals surface area (Å²) < 4.78 is 0. The maximum atomic E-state index is 9.44. The van der Waals surface area contributed by atoms with E-state index in [2.05, 4.69) is 22.2 Å². The van der Waals surface area contributed by atoms with Crippen LogP contribution < -0.4 is 0 Å². The quantitative estimate of drug-likeness (QED) is 0.742. The van der Waals surface area contributed by atoms with Gasteiger partial charge < -0.3 is 15.2 Å². The number of aliphatic hydroxyl groups excluding tert-OH is 2. The molecule has 0 aliphatic carbocycles. The molecule has 0 bridgehead atoms. The smallest absolute Gasteiger partial charge is 0.167 e. The zero-order chi connectivity index (χ0) is 12.4. The first-order chi connectivity index (χ1) is 8.08. The van der Waals surface area contributed by atoms with Gasteiger partial charge in [0.05, 0.1) is 17.0 Å². The molecule has 0 aliphatic rings. The van der Waals surface area contributed by atoms with Crippen molar-refractivity contribution < 1.29 is 10.2 Å². The summed E-state index contributed by atoms with van der Waals surface area (Å²) in [5, 5.41) is 18.1. The van der Waals surface area contributed by atoms with E-state index >= 15 is 0 Å². The lowest BCUT2D eigenvalue weighted by molar-refractivity contribution is 0.507. The molecule has 1 unspecified atom stereocenters. The van der Waals surface area contributed by atoms with Crippen LogP contribution in [0.25, 0.3) is 11.0 Å². The van der Waals surface area contributed by atoms with Gasteiger partial charge in [-0.1, -0.05) is 12.1 Å². The molecule has 1 aromatic heterocycles. The molecular weight excluding hydrogens is 256 g/mol. The number of fused-ring (bicyclic) bond motifs is 1. The molecule has 1 atom stereocenters. The van der Waals surface area contributed by atoms with Crippen LogP contribution in [0.2, 0.25) is 0 Å². The van der Waals surface area contributed by atoms with E-state index in [1.807, 2.05) is 24.3 Å². The molecule has 1 heterocycles. The van der Waals surface area contributed by atoms with Gasteiger partial charge in [0.25, 0.3) is 0 Å². The number of nitrogens with zero attached hydrogens (tertiary/aromatic N) is 1. The third kappa shape index (κ3) is 2.59. The molecule has 3 N–H and O–H groups in total. The number of rotatable bonds is 4. The molecule has 0 saturated heterocycles. The lowest BCUT2D eigenvalue weighted by Crippen LogP contribution is -2.14. The fraction of sp³-hybridized carbons (Fsp3) is 0.182. The highest BCUT2D eigenvalue weighted by molar-refractivity contribution is 7.80. The number of aromatic amines is 1. The van der Waals surface area contributed by atoms with Gasteiger partial charge in [0.1, 0.15) is 5.82 Å². The van der Waals surface area contributed by atoms with Crippen molar-refractivity contribution in [2.75, 3.05) is 0 Å². The first-order valence-electron chi connectivity index (χ1n) is 4.97. The minimum atomic E-state index is -0.574. The molecule has 88 valence electrons. The van der Waals surface area contributed by atoms with E-state index in [1.54, 1.807) is 0 Å². The Bertz CT molecular complexity index is 547. The summed E-state index contributed by atoms with van der Waals surface area (Å²) in [5.74, 6) is -0.0648. The summed E-state index contributed by atoms with van der Waals surface area (Å²) in [6, 6.07) is 7.48. The highest BCUT2D eigenvalue weighted by Crippen LogP contribution is 2.21. The summed E-state index contributed by atoms with van der Waals surface area (Å²) >= 11 is 9.36. The predicted molar refractivity (Wildman–Crippen MR) is 73.9 cm³/mol. The van der Waals surface area contributed by atoms with E-state index < -0.39 is 5.92 Å². The Morgan fingerprint density at radius 3 is 2.59 bits per heavy atom. The number of hydrogen-bond acceptors (Lipinski definition) is 3. The Hall–Kier alpha value is -1.53. The number of benzene rings is 1. The van der Waals surface area contributed by atoms with Crippen LogP contribution in [0.15, 0.2) is 24.3 Å². The summed E-state index contributed by atoms with van der Waals surface area (Å²) in [6.07, 6.45) is 0.0878. The number of aromatic nitrogens is 2. The van der Waals surface area contributed by atoms with Gasteiger partial charge in [-0.05, 0) is 36.6 Å². The molecule has 4 nitrogen and oxygen atoms in total. The van der Waals surface area contributed by atoms with Gasteiger partial charge in [0, 0.05) is 6.42 Å². The van der Waals surface area contributed by atoms with Crippen LogP contribution in [-0.4, -0.2) is 30.3 Å². The number of para-hydroxylation sites is 2. The molecular formula is C11H10N2O2S2. The molecule has 17 heavy (non-hydrogen) atoms. The Kier molecular flexibility index (Phi) is 3.35. The van der Waals surface area contributed by atoms with Crippen molar-refractivity contribution in [1.29, 1.82) is 0 Å². The first-order valence-corrected chi connectivity index (χ1v) is 5.79. The van der Waals surface area contributed by atoms with E-state index in [-0.39, 0.29) is 16.5 Å². The molecule has 1 aromatic carbocycles. The van der Waals surface area contributed by atoms with Gasteiger partial charge >= 0.3 is 0 Å². The fourth-order valence-electron chi connectivity index (χ4n) is 1.61. The molecule has 6 heteroatoms. The number of nitrogens with one attached hydrogen (secondary N) is 1. The highest BCUT2D eigenvalue weighted by atomic mass is 32.1. The van der Waals surface area contributed by atoms with Gasteiger partial charge in [-0.3, -0.25) is 0 Å². The average molecular weight is 266 g/mol. The number of aliphatic hydroxyl groups is 2. The van der Waals surface area contributed by atoms with Crippen molar-refractivity contribution in [3.05, 3.63) is 30.1 Å². The van der Waals surface area contributed by atoms with Crippen molar-refractivity contribution in [2.24, 2.45) is 0 Å². The van der Waals surface area contributed by atoms with E-state index in [0.29, 0.717) is 5.82 Å². The Balaban J connectivity index is 2.41. The van der Waals surface area contributed by atoms with E-state index in [4.69, 9.17) is 17.3 Å². The molecule has 0 radical (unpaired) electrons. The third-order valence-electron chi connectivity index (χ3n) is 2.41. The number of hydrogen-bond donors (Lipinski definition) is 3. The Morgan fingerprint density at radius 2 is 2.00 bits per heavy atom. The normalized spacial score (nSPS) is 12.5. The van der Waals surface area contributed by atoms with Crippen molar-refractivity contribution >= 4 is 45.6 Å². The van der Waals surface area contributed by atoms with E-state index in [0.717, 1.165) is 11.0 Å². The minimum absolute atomic E-state index is 0.0878. The van der Waals surface area contributed by atoms with Crippen LogP contribution in [0.1, 0.15) is 18.2 Å². The van der Waals surface area contributed by atoms with Crippen LogP contribution in [0, 0.1) is 0 Å². The van der Waals surface area contributed by atoms with E-state index in [9.17, 15) is 5.11 Å². The van der Waals surface area contributed by atoms with Crippen LogP contribution in [-0.2, 0) is 0 Å². The lowest BCUT2D eigenvalue weighted by atomic mass is 10.1. The molecule has 0 spiro atoms. The highest BCUT2D eigenvalue weighted by Gasteiger charge is 2.21. The summed E-state index contributed by atoms with van der Waals surface area (Å²) in [6.45, 7) is 0. The molecule has 2 rings (SSSR count). The van der Waals surface area contributed by atoms with Crippen LogP contribution in [0.5, 0.6) is 0 Å². The van der Waals surface area contributed by atoms with Gasteiger partial charge in [-0.25, -0.2) is 4.98 Å². The van der Waals surface area contributed by atoms with Gasteiger partial charge in [0.2, 0.25) is 0 Å². The number of H-pyrrole nitrogens is 1. The Morgan fingerprint density at radius 1 is 1.29 bits per heavy atom. The summed E-state index contributed by atoms with van der Waals surface area (Å²) in [7, 11) is 0. The zero-order valence-corrected chi connectivity index (χ0v) is 10.4. The summed E-state index contributed by atoms with van der Waals surface area (Å²) in [5.41, 5.74) is 1.64. The van der Waals surface area contributed by atoms with Crippen LogP contribution >= 0.6 is 24.4 Å². The van der Waals surface area contributed by atoms with Gasteiger partial charge in [0.15, 0.2) is 10.1 Å². The Labute approximate surface area is 108 Å². The fourth-order valence-corrected chi connectivity index (χ4v) is 1.97. The van der Waals surface area contributed by atoms with Crippen molar-refractivity contribution in [1.82, 2.24) is 9.97 Å². The zero-order valence-electron chi connectivity index (χ0n) is 8.75. The third-order valence-corrected chi connectivity index (χ3v) is 2.87. The predicted octanol–water partition coefficient (Wildman–Crippen LogP) is 2.81. The maximum absolute atomic E-state index is 9.44. The molecule has 0 saturated carbocycles. The van der Waals surface area contributed by atoms with Crippen LogP contribution in [0.4, 0.5) is 0 Å². The van der Waals surface area contributed by atoms with Crippen molar-refractivity contribution in [3.8, 4) is 0 Å². The lowest BCUT2D eigenvalue weighted by Gasteiger charge is -2.09. The van der Waals surface area contributed by atoms with Crippen molar-refractivity contribution in [3.63, 3.8) is 0 Å². The average Bonchev–Trinajstić information content (AvgIpc) is 2.68. The maximum Gasteiger partial charge on any atom is 0.167 e. The topological polar surface area (TPSA) is 69.1 Å².